The molecule has 3 aromatic rings. The molecule has 0 amide bonds. The third-order valence-electron chi connectivity index (χ3n) is 3.12. The van der Waals surface area contributed by atoms with Crippen molar-refractivity contribution < 1.29 is 18.4 Å². The maximum Gasteiger partial charge on any atom is 0.312 e. The summed E-state index contributed by atoms with van der Waals surface area (Å²) >= 11 is 0. The number of hydrogen-bond donors (Lipinski definition) is 0. The standard InChI is InChI=1S/C17H15NO4/c1-2-21-15(19)10-14-16(13-8-9-20-11-13)22-17(18-14)12-6-4-3-5-7-12/h3-9,11H,2,10H2,1H3. The quantitative estimate of drug-likeness (QED) is 0.672. The minimum absolute atomic E-state index is 0.0602. The molecule has 0 N–H and O–H groups in total. The summed E-state index contributed by atoms with van der Waals surface area (Å²) < 4.78 is 15.9. The maximum atomic E-state index is 11.8. The molecule has 0 spiro atoms. The van der Waals surface area contributed by atoms with E-state index in [2.05, 4.69) is 4.98 Å². The smallest absolute Gasteiger partial charge is 0.312 e. The van der Waals surface area contributed by atoms with E-state index in [9.17, 15) is 4.79 Å². The molecule has 0 aliphatic rings. The molecule has 5 heteroatoms. The number of furan rings is 1. The number of nitrogens with zero attached hydrogens (tertiary/aromatic N) is 1. The van der Waals surface area contributed by atoms with Gasteiger partial charge in [0.2, 0.25) is 5.89 Å². The number of esters is 1. The van der Waals surface area contributed by atoms with E-state index in [4.69, 9.17) is 13.6 Å². The largest absolute Gasteiger partial charge is 0.472 e. The highest BCUT2D eigenvalue weighted by molar-refractivity contribution is 5.75. The van der Waals surface area contributed by atoms with E-state index < -0.39 is 0 Å². The van der Waals surface area contributed by atoms with Crippen LogP contribution in [0.5, 0.6) is 0 Å². The van der Waals surface area contributed by atoms with Crippen LogP contribution in [0.4, 0.5) is 0 Å². The van der Waals surface area contributed by atoms with Crippen molar-refractivity contribution in [3.8, 4) is 22.8 Å². The van der Waals surface area contributed by atoms with Crippen LogP contribution in [-0.4, -0.2) is 17.6 Å². The molecule has 22 heavy (non-hydrogen) atoms. The van der Waals surface area contributed by atoms with Crippen molar-refractivity contribution in [1.82, 2.24) is 4.98 Å². The highest BCUT2D eigenvalue weighted by Gasteiger charge is 2.20. The fourth-order valence-electron chi connectivity index (χ4n) is 2.14. The number of rotatable bonds is 5. The monoisotopic (exact) mass is 297 g/mol. The van der Waals surface area contributed by atoms with Crippen LogP contribution in [0.15, 0.2) is 57.8 Å². The Morgan fingerprint density at radius 1 is 1.18 bits per heavy atom. The second-order valence-electron chi connectivity index (χ2n) is 4.65. The normalized spacial score (nSPS) is 10.6. The number of oxazole rings is 1. The lowest BCUT2D eigenvalue weighted by molar-refractivity contribution is -0.142. The first-order chi connectivity index (χ1) is 10.8. The fraction of sp³-hybridized carbons (Fsp3) is 0.176. The Morgan fingerprint density at radius 2 is 2.00 bits per heavy atom. The summed E-state index contributed by atoms with van der Waals surface area (Å²) in [6.45, 7) is 2.11. The highest BCUT2D eigenvalue weighted by Crippen LogP contribution is 2.30. The minimum Gasteiger partial charge on any atom is -0.472 e. The number of hydrogen-bond acceptors (Lipinski definition) is 5. The molecular weight excluding hydrogens is 282 g/mol. The summed E-state index contributed by atoms with van der Waals surface area (Å²) in [6.07, 6.45) is 3.17. The topological polar surface area (TPSA) is 65.5 Å². The average Bonchev–Trinajstić information content (AvgIpc) is 3.17. The van der Waals surface area contributed by atoms with Gasteiger partial charge in [-0.25, -0.2) is 4.98 Å². The molecule has 0 saturated carbocycles. The van der Waals surface area contributed by atoms with E-state index in [1.807, 2.05) is 30.3 Å². The van der Waals surface area contributed by atoms with Crippen LogP contribution in [0.2, 0.25) is 0 Å². The van der Waals surface area contributed by atoms with E-state index >= 15 is 0 Å². The van der Waals surface area contributed by atoms with Crippen LogP contribution in [-0.2, 0) is 16.0 Å². The van der Waals surface area contributed by atoms with Crippen molar-refractivity contribution in [3.63, 3.8) is 0 Å². The Bertz CT molecular complexity index is 744. The molecule has 0 atom stereocenters. The van der Waals surface area contributed by atoms with Gasteiger partial charge in [0.25, 0.3) is 0 Å². The minimum atomic E-state index is -0.333. The highest BCUT2D eigenvalue weighted by atomic mass is 16.5. The number of carbonyl (C=O) groups is 1. The van der Waals surface area contributed by atoms with Gasteiger partial charge in [0.1, 0.15) is 6.26 Å². The van der Waals surface area contributed by atoms with Gasteiger partial charge in [-0.2, -0.15) is 0 Å². The Kier molecular flexibility index (Phi) is 4.05. The lowest BCUT2D eigenvalue weighted by Crippen LogP contribution is -2.08. The van der Waals surface area contributed by atoms with Gasteiger partial charge in [-0.1, -0.05) is 18.2 Å². The van der Waals surface area contributed by atoms with Gasteiger partial charge >= 0.3 is 5.97 Å². The lowest BCUT2D eigenvalue weighted by Gasteiger charge is -1.99. The summed E-state index contributed by atoms with van der Waals surface area (Å²) in [7, 11) is 0. The van der Waals surface area contributed by atoms with Gasteiger partial charge in [0.15, 0.2) is 5.76 Å². The maximum absolute atomic E-state index is 11.8. The zero-order chi connectivity index (χ0) is 15.4. The number of ether oxygens (including phenoxy) is 1. The predicted octanol–water partition coefficient (Wildman–Crippen LogP) is 3.71. The molecule has 2 aromatic heterocycles. The fourth-order valence-corrected chi connectivity index (χ4v) is 2.14. The third kappa shape index (κ3) is 2.93. The molecule has 112 valence electrons. The second kappa shape index (κ2) is 6.30. The molecule has 0 bridgehead atoms. The SMILES string of the molecule is CCOC(=O)Cc1nc(-c2ccccc2)oc1-c1ccoc1. The number of benzene rings is 1. The first-order valence-electron chi connectivity index (χ1n) is 7.01. The molecule has 5 nitrogen and oxygen atoms in total. The van der Waals surface area contributed by atoms with Crippen molar-refractivity contribution in [2.45, 2.75) is 13.3 Å². The van der Waals surface area contributed by atoms with Crippen LogP contribution in [0, 0.1) is 0 Å². The van der Waals surface area contributed by atoms with Crippen LogP contribution >= 0.6 is 0 Å². The first kappa shape index (κ1) is 14.1. The zero-order valence-corrected chi connectivity index (χ0v) is 12.1. The Balaban J connectivity index is 1.99. The number of aromatic nitrogens is 1. The van der Waals surface area contributed by atoms with E-state index in [0.29, 0.717) is 24.0 Å². The third-order valence-corrected chi connectivity index (χ3v) is 3.12. The molecule has 0 fully saturated rings. The average molecular weight is 297 g/mol. The lowest BCUT2D eigenvalue weighted by atomic mass is 10.2. The van der Waals surface area contributed by atoms with Crippen molar-refractivity contribution in [3.05, 3.63) is 54.6 Å². The van der Waals surface area contributed by atoms with Crippen LogP contribution in [0.3, 0.4) is 0 Å². The van der Waals surface area contributed by atoms with E-state index in [0.717, 1.165) is 11.1 Å². The molecular formula is C17H15NO4. The molecule has 0 unspecified atom stereocenters. The van der Waals surface area contributed by atoms with E-state index in [1.165, 1.54) is 0 Å². The van der Waals surface area contributed by atoms with Gasteiger partial charge in [-0.05, 0) is 25.1 Å². The van der Waals surface area contributed by atoms with Crippen LogP contribution < -0.4 is 0 Å². The van der Waals surface area contributed by atoms with Crippen LogP contribution in [0.25, 0.3) is 22.8 Å². The Morgan fingerprint density at radius 3 is 2.68 bits per heavy atom. The summed E-state index contributed by atoms with van der Waals surface area (Å²) in [6, 6.07) is 11.3. The van der Waals surface area contributed by atoms with Gasteiger partial charge in [0.05, 0.1) is 30.5 Å². The summed E-state index contributed by atoms with van der Waals surface area (Å²) in [5.74, 6) is 0.664. The molecule has 0 aliphatic heterocycles. The van der Waals surface area contributed by atoms with Crippen molar-refractivity contribution in [1.29, 1.82) is 0 Å². The molecule has 3 rings (SSSR count). The van der Waals surface area contributed by atoms with Crippen molar-refractivity contribution in [2.24, 2.45) is 0 Å². The van der Waals surface area contributed by atoms with Gasteiger partial charge in [-0.15, -0.1) is 0 Å². The van der Waals surface area contributed by atoms with Crippen LogP contribution in [0.1, 0.15) is 12.6 Å². The first-order valence-corrected chi connectivity index (χ1v) is 7.01. The summed E-state index contributed by atoms with van der Waals surface area (Å²) in [5, 5.41) is 0. The molecule has 0 saturated heterocycles. The van der Waals surface area contributed by atoms with E-state index in [-0.39, 0.29) is 12.4 Å². The molecule has 0 radical (unpaired) electrons. The number of carbonyl (C=O) groups excluding carboxylic acids is 1. The van der Waals surface area contributed by atoms with Gasteiger partial charge in [-0.3, -0.25) is 4.79 Å². The molecule has 1 aromatic carbocycles. The van der Waals surface area contributed by atoms with Crippen molar-refractivity contribution in [2.75, 3.05) is 6.61 Å². The Labute approximate surface area is 127 Å². The summed E-state index contributed by atoms with van der Waals surface area (Å²) in [4.78, 5) is 16.2. The van der Waals surface area contributed by atoms with E-state index in [1.54, 1.807) is 25.5 Å². The Hall–Kier alpha value is -2.82. The van der Waals surface area contributed by atoms with Gasteiger partial charge in [0, 0.05) is 5.56 Å². The summed E-state index contributed by atoms with van der Waals surface area (Å²) in [5.41, 5.74) is 2.13. The molecule has 0 aliphatic carbocycles. The second-order valence-corrected chi connectivity index (χ2v) is 4.65. The van der Waals surface area contributed by atoms with Gasteiger partial charge < -0.3 is 13.6 Å². The van der Waals surface area contributed by atoms with Crippen molar-refractivity contribution >= 4 is 5.97 Å². The molecule has 2 heterocycles. The predicted molar refractivity (Wildman–Crippen MR) is 80.0 cm³/mol. The zero-order valence-electron chi connectivity index (χ0n) is 12.1.